The van der Waals surface area contributed by atoms with E-state index in [1.807, 2.05) is 0 Å². The molecular weight excluding hydrogens is 174 g/mol. The van der Waals surface area contributed by atoms with Crippen molar-refractivity contribution in [3.05, 3.63) is 0 Å². The molecule has 0 atom stereocenters. The van der Waals surface area contributed by atoms with Gasteiger partial charge in [-0.25, -0.2) is 0 Å². The Bertz CT molecular complexity index is 205. The summed E-state index contributed by atoms with van der Waals surface area (Å²) < 4.78 is 0. The Labute approximate surface area is 76.4 Å². The molecule has 0 aliphatic carbocycles. The number of carbonyl (C=O) groups is 1. The Balaban J connectivity index is 2.40. The van der Waals surface area contributed by atoms with Crippen LogP contribution in [0.1, 0.15) is 0 Å². The first-order valence-electron chi connectivity index (χ1n) is 3.77. The standard InChI is InChI=1S/C7H13N3OS/c1-9(2)6(11)5-10-3-4-12-7(10)8/h8H,3-5H2,1-2H3. The monoisotopic (exact) mass is 187 g/mol. The van der Waals surface area contributed by atoms with Crippen LogP contribution in [0.25, 0.3) is 0 Å². The molecule has 4 nitrogen and oxygen atoms in total. The molecule has 1 heterocycles. The van der Waals surface area contributed by atoms with Crippen LogP contribution in [-0.4, -0.2) is 53.8 Å². The average molecular weight is 187 g/mol. The summed E-state index contributed by atoms with van der Waals surface area (Å²) in [7, 11) is 3.46. The Morgan fingerprint density at radius 2 is 2.42 bits per heavy atom. The highest BCUT2D eigenvalue weighted by Gasteiger charge is 2.20. The molecule has 1 amide bonds. The molecule has 0 radical (unpaired) electrons. The van der Waals surface area contributed by atoms with Crippen LogP contribution in [0.4, 0.5) is 0 Å². The first-order chi connectivity index (χ1) is 5.61. The van der Waals surface area contributed by atoms with Gasteiger partial charge < -0.3 is 9.80 Å². The number of rotatable bonds is 2. The van der Waals surface area contributed by atoms with Crippen molar-refractivity contribution in [3.8, 4) is 0 Å². The quantitative estimate of drug-likeness (QED) is 0.665. The van der Waals surface area contributed by atoms with Crippen LogP contribution in [0.3, 0.4) is 0 Å². The zero-order valence-corrected chi connectivity index (χ0v) is 8.15. The second-order valence-corrected chi connectivity index (χ2v) is 3.95. The molecule has 68 valence electrons. The van der Waals surface area contributed by atoms with Gasteiger partial charge in [-0.3, -0.25) is 10.2 Å². The predicted molar refractivity (Wildman–Crippen MR) is 50.5 cm³/mol. The lowest BCUT2D eigenvalue weighted by atomic mass is 10.5. The van der Waals surface area contributed by atoms with Crippen LogP contribution in [-0.2, 0) is 4.79 Å². The van der Waals surface area contributed by atoms with E-state index in [-0.39, 0.29) is 5.91 Å². The van der Waals surface area contributed by atoms with Crippen LogP contribution < -0.4 is 0 Å². The van der Waals surface area contributed by atoms with Crippen LogP contribution in [0, 0.1) is 5.41 Å². The van der Waals surface area contributed by atoms with Crippen molar-refractivity contribution in [2.45, 2.75) is 0 Å². The molecule has 1 saturated heterocycles. The third-order valence-electron chi connectivity index (χ3n) is 1.71. The van der Waals surface area contributed by atoms with E-state index >= 15 is 0 Å². The van der Waals surface area contributed by atoms with Gasteiger partial charge in [0, 0.05) is 26.4 Å². The van der Waals surface area contributed by atoms with Crippen molar-refractivity contribution < 1.29 is 4.79 Å². The molecule has 1 fully saturated rings. The lowest BCUT2D eigenvalue weighted by Gasteiger charge is -2.18. The number of amides is 1. The number of hydrogen-bond donors (Lipinski definition) is 1. The molecule has 5 heteroatoms. The predicted octanol–water partition coefficient (Wildman–Crippen LogP) is 0.0582. The molecule has 1 aliphatic heterocycles. The van der Waals surface area contributed by atoms with Gasteiger partial charge in [-0.05, 0) is 0 Å². The van der Waals surface area contributed by atoms with Gasteiger partial charge in [-0.15, -0.1) is 0 Å². The number of hydrogen-bond acceptors (Lipinski definition) is 3. The Hall–Kier alpha value is -0.710. The molecule has 1 aliphatic rings. The van der Waals surface area contributed by atoms with Crippen LogP contribution in [0.2, 0.25) is 0 Å². The minimum atomic E-state index is 0.0576. The number of likely N-dealkylation sites (N-methyl/N-ethyl adjacent to an activating group) is 1. The minimum absolute atomic E-state index is 0.0576. The summed E-state index contributed by atoms with van der Waals surface area (Å²) in [5, 5.41) is 7.98. The van der Waals surface area contributed by atoms with Gasteiger partial charge in [0.1, 0.15) is 0 Å². The zero-order chi connectivity index (χ0) is 9.14. The normalized spacial score (nSPS) is 16.8. The summed E-state index contributed by atoms with van der Waals surface area (Å²) in [5.74, 6) is 0.988. The van der Waals surface area contributed by atoms with E-state index in [9.17, 15) is 4.79 Å². The number of amidine groups is 1. The summed E-state index contributed by atoms with van der Waals surface area (Å²) >= 11 is 1.50. The smallest absolute Gasteiger partial charge is 0.241 e. The van der Waals surface area contributed by atoms with Crippen molar-refractivity contribution in [2.24, 2.45) is 0 Å². The van der Waals surface area contributed by atoms with Crippen molar-refractivity contribution in [2.75, 3.05) is 32.9 Å². The lowest BCUT2D eigenvalue weighted by Crippen LogP contribution is -2.36. The van der Waals surface area contributed by atoms with Gasteiger partial charge in [-0.2, -0.15) is 0 Å². The van der Waals surface area contributed by atoms with E-state index in [0.717, 1.165) is 12.3 Å². The van der Waals surface area contributed by atoms with Crippen LogP contribution in [0.15, 0.2) is 0 Å². The molecular formula is C7H13N3OS. The number of nitrogens with zero attached hydrogens (tertiary/aromatic N) is 2. The van der Waals surface area contributed by atoms with Gasteiger partial charge in [0.25, 0.3) is 0 Å². The first-order valence-corrected chi connectivity index (χ1v) is 4.76. The third kappa shape index (κ3) is 2.14. The molecule has 1 N–H and O–H groups in total. The van der Waals surface area contributed by atoms with E-state index in [2.05, 4.69) is 0 Å². The van der Waals surface area contributed by atoms with Crippen molar-refractivity contribution in [3.63, 3.8) is 0 Å². The number of thioether (sulfide) groups is 1. The fourth-order valence-corrected chi connectivity index (χ4v) is 1.74. The Morgan fingerprint density at radius 1 is 1.75 bits per heavy atom. The van der Waals surface area contributed by atoms with Gasteiger partial charge >= 0.3 is 0 Å². The van der Waals surface area contributed by atoms with E-state index in [1.165, 1.54) is 11.8 Å². The van der Waals surface area contributed by atoms with Gasteiger partial charge in [0.15, 0.2) is 5.17 Å². The van der Waals surface area contributed by atoms with Crippen molar-refractivity contribution in [1.29, 1.82) is 5.41 Å². The van der Waals surface area contributed by atoms with E-state index < -0.39 is 0 Å². The Morgan fingerprint density at radius 3 is 2.83 bits per heavy atom. The summed E-state index contributed by atoms with van der Waals surface area (Å²) in [6.07, 6.45) is 0. The maximum Gasteiger partial charge on any atom is 0.241 e. The summed E-state index contributed by atoms with van der Waals surface area (Å²) in [5.41, 5.74) is 0. The zero-order valence-electron chi connectivity index (χ0n) is 7.33. The van der Waals surface area contributed by atoms with E-state index in [1.54, 1.807) is 23.9 Å². The third-order valence-corrected chi connectivity index (χ3v) is 2.63. The largest absolute Gasteiger partial charge is 0.347 e. The molecule has 0 bridgehead atoms. The summed E-state index contributed by atoms with van der Waals surface area (Å²) in [4.78, 5) is 14.6. The lowest BCUT2D eigenvalue weighted by molar-refractivity contribution is -0.128. The molecule has 0 saturated carbocycles. The van der Waals surface area contributed by atoms with Crippen LogP contribution in [0.5, 0.6) is 0 Å². The summed E-state index contributed by atoms with van der Waals surface area (Å²) in [6, 6.07) is 0. The van der Waals surface area contributed by atoms with Crippen molar-refractivity contribution in [1.82, 2.24) is 9.80 Å². The van der Waals surface area contributed by atoms with Gasteiger partial charge in [-0.1, -0.05) is 11.8 Å². The van der Waals surface area contributed by atoms with Gasteiger partial charge in [0.2, 0.25) is 5.91 Å². The molecule has 12 heavy (non-hydrogen) atoms. The Kier molecular flexibility index (Phi) is 2.97. The minimum Gasteiger partial charge on any atom is -0.347 e. The second kappa shape index (κ2) is 3.80. The van der Waals surface area contributed by atoms with E-state index in [4.69, 9.17) is 5.41 Å². The van der Waals surface area contributed by atoms with Crippen LogP contribution >= 0.6 is 11.8 Å². The molecule has 0 aromatic heterocycles. The average Bonchev–Trinajstić information content (AvgIpc) is 2.36. The molecule has 0 aromatic rings. The highest BCUT2D eigenvalue weighted by Crippen LogP contribution is 2.15. The highest BCUT2D eigenvalue weighted by atomic mass is 32.2. The maximum atomic E-state index is 11.2. The number of nitrogens with one attached hydrogen (secondary N) is 1. The number of carbonyl (C=O) groups excluding carboxylic acids is 1. The molecule has 0 unspecified atom stereocenters. The first kappa shape index (κ1) is 9.38. The van der Waals surface area contributed by atoms with Gasteiger partial charge in [0.05, 0.1) is 6.54 Å². The summed E-state index contributed by atoms with van der Waals surface area (Å²) in [6.45, 7) is 1.17. The highest BCUT2D eigenvalue weighted by molar-refractivity contribution is 8.14. The fourth-order valence-electron chi connectivity index (χ4n) is 0.901. The van der Waals surface area contributed by atoms with E-state index in [0.29, 0.717) is 11.7 Å². The SMILES string of the molecule is CN(C)C(=O)CN1CCSC1=N. The molecule has 0 spiro atoms. The molecule has 0 aromatic carbocycles. The topological polar surface area (TPSA) is 47.4 Å². The fraction of sp³-hybridized carbons (Fsp3) is 0.714. The second-order valence-electron chi connectivity index (χ2n) is 2.86. The maximum absolute atomic E-state index is 11.2. The van der Waals surface area contributed by atoms with Crippen molar-refractivity contribution >= 4 is 22.8 Å². The molecule has 1 rings (SSSR count).